The van der Waals surface area contributed by atoms with Crippen LogP contribution in [0.25, 0.3) is 10.7 Å². The van der Waals surface area contributed by atoms with Gasteiger partial charge >= 0.3 is 0 Å². The minimum Gasteiger partial charge on any atom is -0.345 e. The standard InChI is InChI=1S/C19H28N4O3S2/c1-6-12(2)21-28(25,26)16-11-15(22(5)14(16)4)18-20-13(3)17(27-18)19(24)23-9-7-8-10-23/h11-12,21H,6-10H2,1-5H3/t12-/m1/s1. The Morgan fingerprint density at radius 1 is 1.32 bits per heavy atom. The van der Waals surface area contributed by atoms with Crippen molar-refractivity contribution in [2.45, 2.75) is 57.9 Å². The first-order valence-electron chi connectivity index (χ1n) is 9.61. The molecule has 0 spiro atoms. The van der Waals surface area contributed by atoms with Crippen LogP contribution in [0.1, 0.15) is 54.2 Å². The molecule has 1 aliphatic rings. The lowest BCUT2D eigenvalue weighted by Gasteiger charge is -2.13. The maximum atomic E-state index is 12.8. The zero-order valence-corrected chi connectivity index (χ0v) is 18.7. The molecule has 28 heavy (non-hydrogen) atoms. The molecule has 2 aromatic heterocycles. The van der Waals surface area contributed by atoms with Crippen LogP contribution in [-0.2, 0) is 17.1 Å². The van der Waals surface area contributed by atoms with Gasteiger partial charge in [0, 0.05) is 31.9 Å². The molecule has 1 fully saturated rings. The fourth-order valence-corrected chi connectivity index (χ4v) is 6.03. The van der Waals surface area contributed by atoms with Crippen LogP contribution in [0.3, 0.4) is 0 Å². The van der Waals surface area contributed by atoms with E-state index in [4.69, 9.17) is 0 Å². The summed E-state index contributed by atoms with van der Waals surface area (Å²) < 4.78 is 30.1. The number of aryl methyl sites for hydroxylation is 1. The van der Waals surface area contributed by atoms with Crippen LogP contribution in [0.15, 0.2) is 11.0 Å². The van der Waals surface area contributed by atoms with Crippen LogP contribution in [0.5, 0.6) is 0 Å². The number of aromatic nitrogens is 2. The van der Waals surface area contributed by atoms with Crippen LogP contribution >= 0.6 is 11.3 Å². The van der Waals surface area contributed by atoms with E-state index in [-0.39, 0.29) is 16.8 Å². The fourth-order valence-electron chi connectivity index (χ4n) is 3.33. The van der Waals surface area contributed by atoms with Crippen molar-refractivity contribution < 1.29 is 13.2 Å². The molecule has 0 unspecified atom stereocenters. The highest BCUT2D eigenvalue weighted by Gasteiger charge is 2.27. The molecule has 0 saturated carbocycles. The van der Waals surface area contributed by atoms with Gasteiger partial charge in [-0.2, -0.15) is 0 Å². The predicted octanol–water partition coefficient (Wildman–Crippen LogP) is 3.08. The van der Waals surface area contributed by atoms with E-state index in [1.54, 1.807) is 13.0 Å². The minimum atomic E-state index is -3.61. The van der Waals surface area contributed by atoms with Crippen LogP contribution in [-0.4, -0.2) is 47.9 Å². The average Bonchev–Trinajstić information content (AvgIpc) is 3.35. The third-order valence-electron chi connectivity index (χ3n) is 5.35. The molecule has 3 rings (SSSR count). The maximum absolute atomic E-state index is 12.8. The molecule has 0 radical (unpaired) electrons. The summed E-state index contributed by atoms with van der Waals surface area (Å²) in [5.41, 5.74) is 2.04. The summed E-state index contributed by atoms with van der Waals surface area (Å²) in [6, 6.07) is 1.52. The number of hydrogen-bond donors (Lipinski definition) is 1. The summed E-state index contributed by atoms with van der Waals surface area (Å²) in [4.78, 5) is 20.1. The summed E-state index contributed by atoms with van der Waals surface area (Å²) in [7, 11) is -1.79. The van der Waals surface area contributed by atoms with Crippen molar-refractivity contribution in [2.75, 3.05) is 13.1 Å². The molecule has 0 bridgehead atoms. The number of thiazole rings is 1. The van der Waals surface area contributed by atoms with Gasteiger partial charge < -0.3 is 9.47 Å². The molecule has 1 aliphatic heterocycles. The SMILES string of the molecule is CC[C@@H](C)NS(=O)(=O)c1cc(-c2nc(C)c(C(=O)N3CCCC3)s2)n(C)c1C. The van der Waals surface area contributed by atoms with Crippen molar-refractivity contribution in [1.29, 1.82) is 0 Å². The third kappa shape index (κ3) is 3.88. The summed E-state index contributed by atoms with van der Waals surface area (Å²) >= 11 is 1.33. The van der Waals surface area contributed by atoms with Crippen LogP contribution in [0, 0.1) is 13.8 Å². The second-order valence-corrected chi connectivity index (χ2v) is 10.1. The molecule has 0 aliphatic carbocycles. The Balaban J connectivity index is 1.97. The topological polar surface area (TPSA) is 84.3 Å². The van der Waals surface area contributed by atoms with Gasteiger partial charge in [-0.15, -0.1) is 11.3 Å². The van der Waals surface area contributed by atoms with Gasteiger partial charge in [-0.05, 0) is 46.1 Å². The number of nitrogens with zero attached hydrogens (tertiary/aromatic N) is 3. The van der Waals surface area contributed by atoms with Gasteiger partial charge in [-0.25, -0.2) is 18.1 Å². The Morgan fingerprint density at radius 2 is 1.96 bits per heavy atom. The van der Waals surface area contributed by atoms with Crippen molar-refractivity contribution in [2.24, 2.45) is 7.05 Å². The second kappa shape index (κ2) is 7.96. The van der Waals surface area contributed by atoms with E-state index in [0.717, 1.165) is 25.9 Å². The first-order valence-corrected chi connectivity index (χ1v) is 11.9. The zero-order valence-electron chi connectivity index (χ0n) is 17.1. The first-order chi connectivity index (χ1) is 13.2. The molecule has 9 heteroatoms. The molecule has 1 saturated heterocycles. The Kier molecular flexibility index (Phi) is 5.97. The van der Waals surface area contributed by atoms with E-state index >= 15 is 0 Å². The van der Waals surface area contributed by atoms with Crippen molar-refractivity contribution >= 4 is 27.3 Å². The minimum absolute atomic E-state index is 0.0240. The van der Waals surface area contributed by atoms with Crippen LogP contribution < -0.4 is 4.72 Å². The Morgan fingerprint density at radius 3 is 2.57 bits per heavy atom. The lowest BCUT2D eigenvalue weighted by molar-refractivity contribution is 0.0796. The van der Waals surface area contributed by atoms with Crippen molar-refractivity contribution in [3.05, 3.63) is 22.3 Å². The van der Waals surface area contributed by atoms with Gasteiger partial charge in [0.05, 0.1) is 11.4 Å². The highest BCUT2D eigenvalue weighted by Crippen LogP contribution is 2.33. The fraction of sp³-hybridized carbons (Fsp3) is 0.579. The number of sulfonamides is 1. The first kappa shape index (κ1) is 21.0. The largest absolute Gasteiger partial charge is 0.345 e. The molecule has 1 atom stereocenters. The summed E-state index contributed by atoms with van der Waals surface area (Å²) in [5, 5.41) is 0.663. The Labute approximate surface area is 170 Å². The van der Waals surface area contributed by atoms with Gasteiger partial charge in [0.25, 0.3) is 5.91 Å². The molecule has 3 heterocycles. The van der Waals surface area contributed by atoms with E-state index in [2.05, 4.69) is 9.71 Å². The normalized spacial score (nSPS) is 16.0. The van der Waals surface area contributed by atoms with E-state index in [0.29, 0.717) is 33.4 Å². The predicted molar refractivity (Wildman–Crippen MR) is 111 cm³/mol. The highest BCUT2D eigenvalue weighted by molar-refractivity contribution is 7.89. The van der Waals surface area contributed by atoms with Crippen LogP contribution in [0.4, 0.5) is 0 Å². The summed E-state index contributed by atoms with van der Waals surface area (Å²) in [6.45, 7) is 8.98. The molecule has 1 amide bonds. The van der Waals surface area contributed by atoms with Gasteiger partial charge in [0.15, 0.2) is 0 Å². The van der Waals surface area contributed by atoms with Crippen molar-refractivity contribution in [3.8, 4) is 10.7 Å². The number of likely N-dealkylation sites (tertiary alicyclic amines) is 1. The van der Waals surface area contributed by atoms with Crippen molar-refractivity contribution in [1.82, 2.24) is 19.2 Å². The molecule has 154 valence electrons. The van der Waals surface area contributed by atoms with Gasteiger partial charge in [-0.3, -0.25) is 4.79 Å². The number of rotatable bonds is 6. The summed E-state index contributed by atoms with van der Waals surface area (Å²) in [5.74, 6) is 0.0240. The molecule has 7 nitrogen and oxygen atoms in total. The number of carbonyl (C=O) groups is 1. The number of nitrogens with one attached hydrogen (secondary N) is 1. The number of amides is 1. The molecular formula is C19H28N4O3S2. The zero-order chi connectivity index (χ0) is 20.6. The smallest absolute Gasteiger partial charge is 0.265 e. The quantitative estimate of drug-likeness (QED) is 0.772. The van der Waals surface area contributed by atoms with E-state index < -0.39 is 10.0 Å². The van der Waals surface area contributed by atoms with Gasteiger partial charge in [0.2, 0.25) is 10.0 Å². The number of hydrogen-bond acceptors (Lipinski definition) is 5. The molecule has 0 aromatic carbocycles. The summed E-state index contributed by atoms with van der Waals surface area (Å²) in [6.07, 6.45) is 2.79. The molecular weight excluding hydrogens is 396 g/mol. The van der Waals surface area contributed by atoms with Gasteiger partial charge in [-0.1, -0.05) is 6.92 Å². The molecule has 1 N–H and O–H groups in total. The van der Waals surface area contributed by atoms with E-state index in [9.17, 15) is 13.2 Å². The Bertz CT molecular complexity index is 985. The Hall–Kier alpha value is -1.71. The molecule has 2 aromatic rings. The lowest BCUT2D eigenvalue weighted by Crippen LogP contribution is -2.32. The van der Waals surface area contributed by atoms with E-state index in [1.807, 2.05) is 37.3 Å². The highest BCUT2D eigenvalue weighted by atomic mass is 32.2. The third-order valence-corrected chi connectivity index (χ3v) is 8.22. The lowest BCUT2D eigenvalue weighted by atomic mass is 10.3. The maximum Gasteiger partial charge on any atom is 0.265 e. The average molecular weight is 425 g/mol. The van der Waals surface area contributed by atoms with Gasteiger partial charge in [0.1, 0.15) is 14.8 Å². The van der Waals surface area contributed by atoms with E-state index in [1.165, 1.54) is 11.3 Å². The van der Waals surface area contributed by atoms with Crippen LogP contribution in [0.2, 0.25) is 0 Å². The second-order valence-electron chi connectivity index (χ2n) is 7.40. The number of carbonyl (C=O) groups excluding carboxylic acids is 1. The van der Waals surface area contributed by atoms with Crippen molar-refractivity contribution in [3.63, 3.8) is 0 Å². The monoisotopic (exact) mass is 424 g/mol.